The lowest BCUT2D eigenvalue weighted by Crippen LogP contribution is -2.60. The number of thiophene rings is 1. The molecule has 5 heterocycles. The molecule has 2 aromatic heterocycles. The highest BCUT2D eigenvalue weighted by atomic mass is 32.1. The van der Waals surface area contributed by atoms with E-state index in [0.29, 0.717) is 23.0 Å². The van der Waals surface area contributed by atoms with Gasteiger partial charge in [-0.15, -0.1) is 11.3 Å². The van der Waals surface area contributed by atoms with Crippen LogP contribution in [0.3, 0.4) is 0 Å². The lowest BCUT2D eigenvalue weighted by atomic mass is 9.83. The number of aryl methyl sites for hydroxylation is 1. The van der Waals surface area contributed by atoms with Crippen LogP contribution in [0, 0.1) is 5.92 Å². The summed E-state index contributed by atoms with van der Waals surface area (Å²) < 4.78 is 5.55. The van der Waals surface area contributed by atoms with Crippen molar-refractivity contribution in [3.8, 4) is 10.8 Å². The van der Waals surface area contributed by atoms with Gasteiger partial charge in [-0.25, -0.2) is 0 Å². The Labute approximate surface area is 163 Å². The van der Waals surface area contributed by atoms with Gasteiger partial charge in [-0.3, -0.25) is 0 Å². The van der Waals surface area contributed by atoms with Crippen molar-refractivity contribution < 1.29 is 4.52 Å². The molecule has 0 aromatic carbocycles. The van der Waals surface area contributed by atoms with Crippen LogP contribution in [0.15, 0.2) is 16.0 Å². The van der Waals surface area contributed by atoms with Crippen LogP contribution in [-0.4, -0.2) is 45.8 Å². The van der Waals surface area contributed by atoms with Crippen LogP contribution in [-0.2, 0) is 6.42 Å². The predicted octanol–water partition coefficient (Wildman–Crippen LogP) is 3.28. The van der Waals surface area contributed by atoms with Crippen LogP contribution in [0.2, 0.25) is 0 Å². The molecule has 6 nitrogen and oxygen atoms in total. The average Bonchev–Trinajstić information content (AvgIpc) is 3.30. The second-order valence-corrected chi connectivity index (χ2v) is 8.50. The third-order valence-corrected chi connectivity index (χ3v) is 6.60. The number of hydrogen-bond acceptors (Lipinski definition) is 6. The quantitative estimate of drug-likeness (QED) is 0.758. The molecule has 1 unspecified atom stereocenters. The van der Waals surface area contributed by atoms with E-state index < -0.39 is 0 Å². The monoisotopic (exact) mass is 391 g/mol. The number of thiocarbonyl (C=S) groups is 1. The maximum atomic E-state index is 6.19. The van der Waals surface area contributed by atoms with Crippen molar-refractivity contribution in [1.82, 2.24) is 15.0 Å². The first-order valence-electron chi connectivity index (χ1n) is 9.38. The van der Waals surface area contributed by atoms with Gasteiger partial charge in [0, 0.05) is 13.0 Å². The Morgan fingerprint density at radius 2 is 2.27 bits per heavy atom. The van der Waals surface area contributed by atoms with E-state index in [1.165, 1.54) is 25.9 Å². The van der Waals surface area contributed by atoms with Crippen LogP contribution >= 0.6 is 23.6 Å². The summed E-state index contributed by atoms with van der Waals surface area (Å²) in [5.41, 5.74) is 7.19. The normalized spacial score (nSPS) is 24.7. The Balaban J connectivity index is 1.63. The van der Waals surface area contributed by atoms with Crippen molar-refractivity contribution in [3.05, 3.63) is 17.3 Å². The van der Waals surface area contributed by atoms with E-state index in [1.807, 2.05) is 5.38 Å². The minimum absolute atomic E-state index is 0.325. The average molecular weight is 392 g/mol. The molecule has 0 aliphatic carbocycles. The van der Waals surface area contributed by atoms with Crippen molar-refractivity contribution in [2.45, 2.75) is 45.1 Å². The molecule has 2 N–H and O–H groups in total. The zero-order chi connectivity index (χ0) is 18.1. The van der Waals surface area contributed by atoms with E-state index >= 15 is 0 Å². The molecule has 0 saturated carbocycles. The lowest BCUT2D eigenvalue weighted by molar-refractivity contribution is 0.0907. The van der Waals surface area contributed by atoms with Gasteiger partial charge in [-0.2, -0.15) is 4.98 Å². The second-order valence-electron chi connectivity index (χ2n) is 7.17. The van der Waals surface area contributed by atoms with E-state index in [9.17, 15) is 0 Å². The number of nitrogens with two attached hydrogens (primary N) is 1. The van der Waals surface area contributed by atoms with Crippen molar-refractivity contribution in [3.63, 3.8) is 0 Å². The molecule has 2 bridgehead atoms. The van der Waals surface area contributed by atoms with E-state index in [-0.39, 0.29) is 0 Å². The standard InChI is InChI=1S/C18H25N5OS2/c1-2-3-4-15-20-17(24-21-15)16-13(7-10-26-16)23(18(19)25)14-11-22-8-5-12(14)6-9-22/h7,10,12,14H,2-6,8-9,11H2,1H3,(H2,19,25). The van der Waals surface area contributed by atoms with Gasteiger partial charge < -0.3 is 20.1 Å². The number of hydrogen-bond donors (Lipinski definition) is 1. The van der Waals surface area contributed by atoms with Gasteiger partial charge in [0.2, 0.25) is 0 Å². The van der Waals surface area contributed by atoms with Crippen LogP contribution in [0.5, 0.6) is 0 Å². The maximum Gasteiger partial charge on any atom is 0.270 e. The Morgan fingerprint density at radius 1 is 1.46 bits per heavy atom. The molecule has 3 saturated heterocycles. The lowest BCUT2D eigenvalue weighted by Gasteiger charge is -2.49. The van der Waals surface area contributed by atoms with E-state index in [2.05, 4.69) is 32.9 Å². The zero-order valence-electron chi connectivity index (χ0n) is 15.1. The van der Waals surface area contributed by atoms with Gasteiger partial charge in [0.05, 0.1) is 11.7 Å². The van der Waals surface area contributed by atoms with Crippen molar-refractivity contribution in [1.29, 1.82) is 0 Å². The van der Waals surface area contributed by atoms with Crippen molar-refractivity contribution >= 4 is 34.4 Å². The molecule has 3 aliphatic heterocycles. The number of piperidine rings is 3. The summed E-state index contributed by atoms with van der Waals surface area (Å²) in [5, 5.41) is 6.61. The summed E-state index contributed by atoms with van der Waals surface area (Å²) in [6.45, 7) is 5.55. The fourth-order valence-electron chi connectivity index (χ4n) is 4.12. The Hall–Kier alpha value is -1.51. The Bertz CT molecular complexity index is 765. The molecule has 0 radical (unpaired) electrons. The number of aromatic nitrogens is 2. The molecular formula is C18H25N5OS2. The molecular weight excluding hydrogens is 366 g/mol. The molecule has 3 fully saturated rings. The molecule has 0 spiro atoms. The third kappa shape index (κ3) is 3.37. The van der Waals surface area contributed by atoms with Crippen LogP contribution < -0.4 is 10.6 Å². The van der Waals surface area contributed by atoms with Crippen LogP contribution in [0.25, 0.3) is 10.8 Å². The zero-order valence-corrected chi connectivity index (χ0v) is 16.7. The van der Waals surface area contributed by atoms with Crippen LogP contribution in [0.4, 0.5) is 5.69 Å². The van der Waals surface area contributed by atoms with E-state index in [1.54, 1.807) is 11.3 Å². The summed E-state index contributed by atoms with van der Waals surface area (Å²) in [4.78, 5) is 10.2. The minimum Gasteiger partial charge on any atom is -0.376 e. The molecule has 1 atom stereocenters. The molecule has 0 amide bonds. The van der Waals surface area contributed by atoms with Gasteiger partial charge in [0.1, 0.15) is 4.88 Å². The van der Waals surface area contributed by atoms with E-state index in [0.717, 1.165) is 42.2 Å². The van der Waals surface area contributed by atoms with Gasteiger partial charge in [0.25, 0.3) is 5.89 Å². The number of anilines is 1. The first-order valence-corrected chi connectivity index (χ1v) is 10.7. The molecule has 3 aliphatic rings. The molecule has 140 valence electrons. The van der Waals surface area contributed by atoms with Crippen molar-refractivity contribution in [2.24, 2.45) is 11.7 Å². The minimum atomic E-state index is 0.325. The van der Waals surface area contributed by atoms with Gasteiger partial charge in [-0.05, 0) is 61.9 Å². The summed E-state index contributed by atoms with van der Waals surface area (Å²) in [6.07, 6.45) is 5.45. The highest BCUT2D eigenvalue weighted by Crippen LogP contribution is 2.40. The summed E-state index contributed by atoms with van der Waals surface area (Å²) >= 11 is 7.06. The van der Waals surface area contributed by atoms with Crippen molar-refractivity contribution in [2.75, 3.05) is 24.5 Å². The van der Waals surface area contributed by atoms with E-state index in [4.69, 9.17) is 22.5 Å². The first-order chi connectivity index (χ1) is 12.7. The van der Waals surface area contributed by atoms with Gasteiger partial charge in [0.15, 0.2) is 10.9 Å². The second kappa shape index (κ2) is 7.62. The summed E-state index contributed by atoms with van der Waals surface area (Å²) in [7, 11) is 0. The largest absolute Gasteiger partial charge is 0.376 e. The maximum absolute atomic E-state index is 6.19. The predicted molar refractivity (Wildman–Crippen MR) is 108 cm³/mol. The summed E-state index contributed by atoms with van der Waals surface area (Å²) in [6, 6.07) is 2.40. The fourth-order valence-corrected chi connectivity index (χ4v) is 5.16. The van der Waals surface area contributed by atoms with Crippen LogP contribution in [0.1, 0.15) is 38.4 Å². The smallest absolute Gasteiger partial charge is 0.270 e. The Morgan fingerprint density at radius 3 is 2.92 bits per heavy atom. The first kappa shape index (κ1) is 17.9. The molecule has 5 rings (SSSR count). The van der Waals surface area contributed by atoms with Gasteiger partial charge >= 0.3 is 0 Å². The third-order valence-electron chi connectivity index (χ3n) is 5.51. The highest BCUT2D eigenvalue weighted by molar-refractivity contribution is 7.80. The molecule has 8 heteroatoms. The Kier molecular flexibility index (Phi) is 5.24. The molecule has 26 heavy (non-hydrogen) atoms. The number of rotatable bonds is 6. The fraction of sp³-hybridized carbons (Fsp3) is 0.611. The number of unbranched alkanes of at least 4 members (excludes halogenated alkanes) is 1. The summed E-state index contributed by atoms with van der Waals surface area (Å²) in [5.74, 6) is 1.98. The topological polar surface area (TPSA) is 71.4 Å². The van der Waals surface area contributed by atoms with Gasteiger partial charge in [-0.1, -0.05) is 18.5 Å². The SMILES string of the molecule is CCCCc1noc(-c2sccc2N(C(N)=S)C2CN3CCC2CC3)n1. The molecule has 2 aromatic rings. The number of fused-ring (bicyclic) bond motifs is 3. The highest BCUT2D eigenvalue weighted by Gasteiger charge is 2.39. The number of nitrogens with zero attached hydrogens (tertiary/aromatic N) is 4.